The van der Waals surface area contributed by atoms with Crippen LogP contribution in [0.25, 0.3) is 12.2 Å². The van der Waals surface area contributed by atoms with Crippen LogP contribution < -0.4 is 5.43 Å². The number of hydrogen-bond acceptors (Lipinski definition) is 2. The number of aromatic nitrogens is 1. The van der Waals surface area contributed by atoms with Crippen LogP contribution in [0.15, 0.2) is 47.4 Å². The summed E-state index contributed by atoms with van der Waals surface area (Å²) in [5.74, 6) is -1.23. The maximum Gasteiger partial charge on any atom is 0.341 e. The van der Waals surface area contributed by atoms with Gasteiger partial charge in [-0.3, -0.25) is 4.79 Å². The van der Waals surface area contributed by atoms with Gasteiger partial charge in [-0.05, 0) is 11.6 Å². The van der Waals surface area contributed by atoms with Crippen molar-refractivity contribution in [1.82, 2.24) is 4.98 Å². The van der Waals surface area contributed by atoms with E-state index in [0.29, 0.717) is 5.69 Å². The van der Waals surface area contributed by atoms with Crippen LogP contribution in [-0.2, 0) is 0 Å². The molecule has 0 amide bonds. The Kier molecular flexibility index (Phi) is 3.38. The smallest absolute Gasteiger partial charge is 0.341 e. The number of rotatable bonds is 3. The third kappa shape index (κ3) is 2.74. The Hall–Kier alpha value is -2.62. The molecule has 0 saturated heterocycles. The molecule has 2 N–H and O–H groups in total. The Labute approximate surface area is 103 Å². The summed E-state index contributed by atoms with van der Waals surface area (Å²) < 4.78 is 0. The van der Waals surface area contributed by atoms with Crippen molar-refractivity contribution in [1.29, 1.82) is 0 Å². The van der Waals surface area contributed by atoms with E-state index in [1.165, 1.54) is 12.3 Å². The highest BCUT2D eigenvalue weighted by molar-refractivity contribution is 5.87. The molecule has 0 bridgehead atoms. The standard InChI is InChI=1S/C14H11NO3/c16-13-8-11(15-9-12(13)14(17)18)7-6-10-4-2-1-3-5-10/h1-9H,(H,15,16)(H,17,18)/b7-6+. The van der Waals surface area contributed by atoms with Gasteiger partial charge in [-0.1, -0.05) is 36.4 Å². The van der Waals surface area contributed by atoms with E-state index in [2.05, 4.69) is 4.98 Å². The van der Waals surface area contributed by atoms with Crippen LogP contribution in [0.2, 0.25) is 0 Å². The maximum absolute atomic E-state index is 11.5. The molecule has 0 saturated carbocycles. The number of pyridine rings is 1. The van der Waals surface area contributed by atoms with Crippen molar-refractivity contribution >= 4 is 18.1 Å². The first-order valence-electron chi connectivity index (χ1n) is 5.36. The molecule has 0 aliphatic carbocycles. The van der Waals surface area contributed by atoms with Gasteiger partial charge in [0, 0.05) is 18.0 Å². The Morgan fingerprint density at radius 1 is 1.17 bits per heavy atom. The molecule has 1 heterocycles. The van der Waals surface area contributed by atoms with Crippen molar-refractivity contribution < 1.29 is 9.90 Å². The molecule has 0 aliphatic heterocycles. The Morgan fingerprint density at radius 2 is 1.89 bits per heavy atom. The number of aromatic carboxylic acids is 1. The number of hydrogen-bond donors (Lipinski definition) is 2. The van der Waals surface area contributed by atoms with Crippen LogP contribution in [0.1, 0.15) is 21.6 Å². The van der Waals surface area contributed by atoms with Gasteiger partial charge in [-0.25, -0.2) is 4.79 Å². The monoisotopic (exact) mass is 241 g/mol. The number of carboxylic acids is 1. The van der Waals surface area contributed by atoms with Crippen LogP contribution in [0.5, 0.6) is 0 Å². The molecule has 0 aliphatic rings. The third-order valence-electron chi connectivity index (χ3n) is 2.42. The minimum absolute atomic E-state index is 0.258. The second-order valence-corrected chi connectivity index (χ2v) is 3.72. The zero-order chi connectivity index (χ0) is 13.0. The minimum Gasteiger partial charge on any atom is -0.477 e. The first-order chi connectivity index (χ1) is 8.66. The Morgan fingerprint density at radius 3 is 2.50 bits per heavy atom. The van der Waals surface area contributed by atoms with E-state index in [4.69, 9.17) is 5.11 Å². The fourth-order valence-electron chi connectivity index (χ4n) is 1.50. The summed E-state index contributed by atoms with van der Waals surface area (Å²) >= 11 is 0. The molecule has 90 valence electrons. The summed E-state index contributed by atoms with van der Waals surface area (Å²) in [6.45, 7) is 0. The number of H-pyrrole nitrogens is 1. The molecule has 0 atom stereocenters. The van der Waals surface area contributed by atoms with Crippen LogP contribution in [-0.4, -0.2) is 16.1 Å². The van der Waals surface area contributed by atoms with E-state index in [9.17, 15) is 9.59 Å². The van der Waals surface area contributed by atoms with Gasteiger partial charge in [0.05, 0.1) is 0 Å². The molecular weight excluding hydrogens is 230 g/mol. The van der Waals surface area contributed by atoms with Crippen LogP contribution in [0.3, 0.4) is 0 Å². The molecular formula is C14H11NO3. The molecule has 0 fully saturated rings. The largest absolute Gasteiger partial charge is 0.477 e. The van der Waals surface area contributed by atoms with E-state index in [1.807, 2.05) is 36.4 Å². The number of carboxylic acid groups (broad SMARTS) is 1. The predicted octanol–water partition coefficient (Wildman–Crippen LogP) is 2.24. The Bertz CT molecular complexity index is 642. The van der Waals surface area contributed by atoms with E-state index >= 15 is 0 Å². The summed E-state index contributed by atoms with van der Waals surface area (Å²) in [4.78, 5) is 24.9. The van der Waals surface area contributed by atoms with E-state index in [-0.39, 0.29) is 5.56 Å². The molecule has 1 aromatic carbocycles. The summed E-state index contributed by atoms with van der Waals surface area (Å²) in [5.41, 5.74) is 0.801. The lowest BCUT2D eigenvalue weighted by Crippen LogP contribution is -2.14. The van der Waals surface area contributed by atoms with Gasteiger partial charge in [-0.2, -0.15) is 0 Å². The number of aromatic amines is 1. The first-order valence-corrected chi connectivity index (χ1v) is 5.36. The molecule has 4 heteroatoms. The molecule has 0 spiro atoms. The van der Waals surface area contributed by atoms with Crippen molar-refractivity contribution in [3.63, 3.8) is 0 Å². The molecule has 1 aromatic heterocycles. The highest BCUT2D eigenvalue weighted by Crippen LogP contribution is 2.05. The number of benzene rings is 1. The molecule has 4 nitrogen and oxygen atoms in total. The van der Waals surface area contributed by atoms with Crippen LogP contribution >= 0.6 is 0 Å². The van der Waals surface area contributed by atoms with Crippen molar-refractivity contribution in [2.75, 3.05) is 0 Å². The summed E-state index contributed by atoms with van der Waals surface area (Å²) in [5, 5.41) is 8.73. The van der Waals surface area contributed by atoms with Crippen molar-refractivity contribution in [3.05, 3.63) is 69.6 Å². The van der Waals surface area contributed by atoms with E-state index in [0.717, 1.165) is 5.56 Å². The molecule has 18 heavy (non-hydrogen) atoms. The van der Waals surface area contributed by atoms with Gasteiger partial charge in [0.15, 0.2) is 5.43 Å². The lowest BCUT2D eigenvalue weighted by molar-refractivity contribution is 0.0695. The second-order valence-electron chi connectivity index (χ2n) is 3.72. The first kappa shape index (κ1) is 11.9. The maximum atomic E-state index is 11.5. The van der Waals surface area contributed by atoms with Crippen LogP contribution in [0.4, 0.5) is 0 Å². The molecule has 2 rings (SSSR count). The van der Waals surface area contributed by atoms with Gasteiger partial charge in [0.1, 0.15) is 5.56 Å². The van der Waals surface area contributed by atoms with E-state index in [1.54, 1.807) is 6.08 Å². The number of nitrogens with one attached hydrogen (secondary N) is 1. The molecule has 2 aromatic rings. The highest BCUT2D eigenvalue weighted by atomic mass is 16.4. The summed E-state index contributed by atoms with van der Waals surface area (Å²) in [7, 11) is 0. The lowest BCUT2D eigenvalue weighted by Gasteiger charge is -1.96. The lowest BCUT2D eigenvalue weighted by atomic mass is 10.2. The predicted molar refractivity (Wildman–Crippen MR) is 69.4 cm³/mol. The highest BCUT2D eigenvalue weighted by Gasteiger charge is 2.07. The van der Waals surface area contributed by atoms with Gasteiger partial charge < -0.3 is 10.1 Å². The summed E-state index contributed by atoms with van der Waals surface area (Å²) in [6.07, 6.45) is 4.77. The van der Waals surface area contributed by atoms with Crippen molar-refractivity contribution in [2.45, 2.75) is 0 Å². The Balaban J connectivity index is 2.26. The average molecular weight is 241 g/mol. The normalized spacial score (nSPS) is 10.7. The minimum atomic E-state index is -1.23. The van der Waals surface area contributed by atoms with Crippen LogP contribution in [0, 0.1) is 0 Å². The fraction of sp³-hybridized carbons (Fsp3) is 0. The quantitative estimate of drug-likeness (QED) is 0.865. The van der Waals surface area contributed by atoms with Gasteiger partial charge in [0.25, 0.3) is 0 Å². The van der Waals surface area contributed by atoms with Crippen molar-refractivity contribution in [3.8, 4) is 0 Å². The van der Waals surface area contributed by atoms with Gasteiger partial charge in [-0.15, -0.1) is 0 Å². The SMILES string of the molecule is O=C(O)c1c[nH]c(/C=C/c2ccccc2)cc1=O. The average Bonchev–Trinajstić information content (AvgIpc) is 2.37. The topological polar surface area (TPSA) is 70.2 Å². The second kappa shape index (κ2) is 5.14. The number of carbonyl (C=O) groups is 1. The summed E-state index contributed by atoms with van der Waals surface area (Å²) in [6, 6.07) is 10.9. The van der Waals surface area contributed by atoms with Crippen molar-refractivity contribution in [2.24, 2.45) is 0 Å². The molecule has 0 radical (unpaired) electrons. The fourth-order valence-corrected chi connectivity index (χ4v) is 1.50. The van der Waals surface area contributed by atoms with Gasteiger partial charge >= 0.3 is 5.97 Å². The zero-order valence-electron chi connectivity index (χ0n) is 9.46. The van der Waals surface area contributed by atoms with Gasteiger partial charge in [0.2, 0.25) is 0 Å². The zero-order valence-corrected chi connectivity index (χ0v) is 9.46. The molecule has 0 unspecified atom stereocenters. The van der Waals surface area contributed by atoms with E-state index < -0.39 is 11.4 Å². The third-order valence-corrected chi connectivity index (χ3v) is 2.42.